The van der Waals surface area contributed by atoms with E-state index in [1.807, 2.05) is 0 Å². The molecular weight excluding hydrogens is 532 g/mol. The van der Waals surface area contributed by atoms with Crippen LogP contribution in [0.4, 0.5) is 5.13 Å². The second-order valence-electron chi connectivity index (χ2n) is 7.55. The standard InChI is InChI=1S/C26H15ClN4O4S2/c27-18-5-6-22-16(10-18)11-19(25(33)35-22)20-14-37-24(30-20)17(12-28)9-15-3-1-2-4-21(15)34-13-23(32)31-26-29-7-8-36-26/h1-11,14H,13H2,(H,29,31,32)/b17-9+. The van der Waals surface area contributed by atoms with Gasteiger partial charge in [0, 0.05) is 32.9 Å². The summed E-state index contributed by atoms with van der Waals surface area (Å²) in [5.74, 6) is 0.0719. The predicted octanol–water partition coefficient (Wildman–Crippen LogP) is 6.11. The highest BCUT2D eigenvalue weighted by molar-refractivity contribution is 7.13. The number of fused-ring (bicyclic) bond motifs is 1. The van der Waals surface area contributed by atoms with E-state index in [2.05, 4.69) is 21.4 Å². The van der Waals surface area contributed by atoms with Crippen LogP contribution in [-0.4, -0.2) is 22.5 Å². The number of nitrogens with zero attached hydrogens (tertiary/aromatic N) is 3. The highest BCUT2D eigenvalue weighted by Gasteiger charge is 2.15. The first-order valence-corrected chi connectivity index (χ1v) is 12.9. The average Bonchev–Trinajstić information content (AvgIpc) is 3.59. The molecule has 0 saturated carbocycles. The molecule has 0 radical (unpaired) electrons. The number of benzene rings is 2. The van der Waals surface area contributed by atoms with E-state index in [0.717, 1.165) is 0 Å². The van der Waals surface area contributed by atoms with Crippen LogP contribution in [0, 0.1) is 11.3 Å². The summed E-state index contributed by atoms with van der Waals surface area (Å²) in [6.45, 7) is -0.227. The molecule has 5 aromatic rings. The Bertz CT molecular complexity index is 1740. The van der Waals surface area contributed by atoms with E-state index >= 15 is 0 Å². The van der Waals surface area contributed by atoms with Gasteiger partial charge in [-0.25, -0.2) is 14.8 Å². The minimum Gasteiger partial charge on any atom is -0.483 e. The van der Waals surface area contributed by atoms with Crippen LogP contribution in [0.15, 0.2) is 74.7 Å². The second-order valence-corrected chi connectivity index (χ2v) is 9.74. The molecule has 1 amide bonds. The number of hydrogen-bond acceptors (Lipinski definition) is 9. The van der Waals surface area contributed by atoms with Gasteiger partial charge < -0.3 is 9.15 Å². The molecule has 8 nitrogen and oxygen atoms in total. The number of nitrogens with one attached hydrogen (secondary N) is 1. The molecule has 0 fully saturated rings. The summed E-state index contributed by atoms with van der Waals surface area (Å²) in [6, 6.07) is 15.8. The fourth-order valence-electron chi connectivity index (χ4n) is 3.41. The Morgan fingerprint density at radius 1 is 1.22 bits per heavy atom. The van der Waals surface area contributed by atoms with Gasteiger partial charge in [0.1, 0.15) is 22.4 Å². The molecule has 11 heteroatoms. The van der Waals surface area contributed by atoms with E-state index in [9.17, 15) is 14.9 Å². The third kappa shape index (κ3) is 5.59. The number of anilines is 1. The Kier molecular flexibility index (Phi) is 7.09. The van der Waals surface area contributed by atoms with Gasteiger partial charge in [-0.05, 0) is 36.4 Å². The number of ether oxygens (including phenoxy) is 1. The summed E-state index contributed by atoms with van der Waals surface area (Å²) < 4.78 is 11.1. The number of nitriles is 1. The average molecular weight is 547 g/mol. The van der Waals surface area contributed by atoms with E-state index < -0.39 is 5.63 Å². The number of thiazole rings is 2. The summed E-state index contributed by atoms with van der Waals surface area (Å²) in [5, 5.41) is 18.0. The Hall–Kier alpha value is -4.30. The molecule has 0 saturated heterocycles. The molecule has 0 bridgehead atoms. The van der Waals surface area contributed by atoms with E-state index in [0.29, 0.717) is 43.1 Å². The van der Waals surface area contributed by atoms with Crippen molar-refractivity contribution in [2.75, 3.05) is 11.9 Å². The molecular formula is C26H15ClN4O4S2. The molecule has 0 atom stereocenters. The summed E-state index contributed by atoms with van der Waals surface area (Å²) >= 11 is 8.60. The first-order chi connectivity index (χ1) is 18.0. The Morgan fingerprint density at radius 2 is 2.08 bits per heavy atom. The maximum absolute atomic E-state index is 12.6. The zero-order valence-corrected chi connectivity index (χ0v) is 21.2. The van der Waals surface area contributed by atoms with E-state index in [1.165, 1.54) is 22.7 Å². The zero-order chi connectivity index (χ0) is 25.8. The smallest absolute Gasteiger partial charge is 0.345 e. The lowest BCUT2D eigenvalue weighted by atomic mass is 10.1. The number of carbonyl (C=O) groups excluding carboxylic acids is 1. The van der Waals surface area contributed by atoms with Crippen molar-refractivity contribution in [3.05, 3.63) is 91.5 Å². The normalized spacial score (nSPS) is 11.3. The van der Waals surface area contributed by atoms with Crippen LogP contribution in [0.2, 0.25) is 5.02 Å². The molecule has 0 aliphatic heterocycles. The molecule has 3 aromatic heterocycles. The Labute approximate surface area is 223 Å². The lowest BCUT2D eigenvalue weighted by Gasteiger charge is -2.09. The van der Waals surface area contributed by atoms with Crippen molar-refractivity contribution < 1.29 is 13.9 Å². The fourth-order valence-corrected chi connectivity index (χ4v) is 4.92. The van der Waals surface area contributed by atoms with Crippen LogP contribution in [-0.2, 0) is 4.79 Å². The van der Waals surface area contributed by atoms with Crippen LogP contribution < -0.4 is 15.7 Å². The second kappa shape index (κ2) is 10.8. The summed E-state index contributed by atoms with van der Waals surface area (Å²) in [6.07, 6.45) is 3.22. The summed E-state index contributed by atoms with van der Waals surface area (Å²) in [7, 11) is 0. The number of hydrogen-bond donors (Lipinski definition) is 1. The van der Waals surface area contributed by atoms with E-state index in [1.54, 1.807) is 71.6 Å². The van der Waals surface area contributed by atoms with Gasteiger partial charge in [0.05, 0.1) is 16.8 Å². The molecule has 3 heterocycles. The molecule has 0 unspecified atom stereocenters. The Morgan fingerprint density at radius 3 is 2.89 bits per heavy atom. The van der Waals surface area contributed by atoms with Crippen molar-refractivity contribution in [1.29, 1.82) is 5.26 Å². The van der Waals surface area contributed by atoms with Crippen LogP contribution in [0.5, 0.6) is 5.75 Å². The number of para-hydroxylation sites is 1. The van der Waals surface area contributed by atoms with Crippen molar-refractivity contribution in [2.24, 2.45) is 0 Å². The fraction of sp³-hybridized carbons (Fsp3) is 0.0385. The third-order valence-electron chi connectivity index (χ3n) is 5.08. The van der Waals surface area contributed by atoms with Gasteiger partial charge in [-0.2, -0.15) is 5.26 Å². The number of amides is 1. The van der Waals surface area contributed by atoms with Crippen LogP contribution >= 0.6 is 34.3 Å². The van der Waals surface area contributed by atoms with Gasteiger partial charge in [-0.1, -0.05) is 29.8 Å². The van der Waals surface area contributed by atoms with Gasteiger partial charge >= 0.3 is 5.63 Å². The molecule has 5 rings (SSSR count). The number of halogens is 1. The van der Waals surface area contributed by atoms with Crippen molar-refractivity contribution in [3.8, 4) is 23.1 Å². The predicted molar refractivity (Wildman–Crippen MR) is 145 cm³/mol. The van der Waals surface area contributed by atoms with Gasteiger partial charge in [0.15, 0.2) is 11.7 Å². The molecule has 182 valence electrons. The number of rotatable bonds is 7. The molecule has 0 aliphatic carbocycles. The lowest BCUT2D eigenvalue weighted by molar-refractivity contribution is -0.118. The van der Waals surface area contributed by atoms with Gasteiger partial charge in [-0.15, -0.1) is 22.7 Å². The van der Waals surface area contributed by atoms with Gasteiger partial charge in [0.25, 0.3) is 5.91 Å². The van der Waals surface area contributed by atoms with E-state index in [-0.39, 0.29) is 23.7 Å². The summed E-state index contributed by atoms with van der Waals surface area (Å²) in [4.78, 5) is 33.3. The number of aromatic nitrogens is 2. The SMILES string of the molecule is N#C/C(=C\c1ccccc1OCC(=O)Nc1nccs1)c1nc(-c2cc3cc(Cl)ccc3oc2=O)cs1. The van der Waals surface area contributed by atoms with Crippen molar-refractivity contribution in [1.82, 2.24) is 9.97 Å². The number of carbonyl (C=O) groups is 1. The lowest BCUT2D eigenvalue weighted by Crippen LogP contribution is -2.20. The van der Waals surface area contributed by atoms with E-state index in [4.69, 9.17) is 20.8 Å². The van der Waals surface area contributed by atoms with Crippen LogP contribution in [0.25, 0.3) is 33.9 Å². The highest BCUT2D eigenvalue weighted by atomic mass is 35.5. The molecule has 0 aliphatic rings. The highest BCUT2D eigenvalue weighted by Crippen LogP contribution is 2.30. The first-order valence-electron chi connectivity index (χ1n) is 10.7. The maximum Gasteiger partial charge on any atom is 0.345 e. The topological polar surface area (TPSA) is 118 Å². The molecule has 1 N–H and O–H groups in total. The Balaban J connectivity index is 1.39. The first kappa shape index (κ1) is 24.4. The van der Waals surface area contributed by atoms with Gasteiger partial charge in [0.2, 0.25) is 0 Å². The minimum atomic E-state index is -0.538. The monoisotopic (exact) mass is 546 g/mol. The summed E-state index contributed by atoms with van der Waals surface area (Å²) in [5.41, 5.74) is 1.40. The zero-order valence-electron chi connectivity index (χ0n) is 18.8. The van der Waals surface area contributed by atoms with Crippen molar-refractivity contribution >= 4 is 67.9 Å². The maximum atomic E-state index is 12.6. The van der Waals surface area contributed by atoms with Crippen molar-refractivity contribution in [2.45, 2.75) is 0 Å². The number of allylic oxidation sites excluding steroid dienone is 1. The molecule has 37 heavy (non-hydrogen) atoms. The molecule has 0 spiro atoms. The quantitative estimate of drug-likeness (QED) is 0.193. The minimum absolute atomic E-state index is 0.227. The van der Waals surface area contributed by atoms with Gasteiger partial charge in [-0.3, -0.25) is 10.1 Å². The largest absolute Gasteiger partial charge is 0.483 e. The van der Waals surface area contributed by atoms with Crippen LogP contribution in [0.1, 0.15) is 10.6 Å². The van der Waals surface area contributed by atoms with Crippen molar-refractivity contribution in [3.63, 3.8) is 0 Å². The molecule has 2 aromatic carbocycles. The third-order valence-corrected chi connectivity index (χ3v) is 6.88. The van der Waals surface area contributed by atoms with Crippen LogP contribution in [0.3, 0.4) is 0 Å².